The maximum absolute atomic E-state index is 4.70. The Hall–Kier alpha value is -3.14. The Morgan fingerprint density at radius 2 is 1.68 bits per heavy atom. The van der Waals surface area contributed by atoms with Crippen LogP contribution < -0.4 is 0 Å². The van der Waals surface area contributed by atoms with Crippen molar-refractivity contribution < 1.29 is 0 Å². The molecule has 4 rings (SSSR count). The first-order chi connectivity index (χ1) is 12.4. The van der Waals surface area contributed by atoms with Crippen molar-refractivity contribution in [2.75, 3.05) is 0 Å². The zero-order valence-corrected chi connectivity index (χ0v) is 14.2. The summed E-state index contributed by atoms with van der Waals surface area (Å²) in [5.74, 6) is 0. The van der Waals surface area contributed by atoms with Crippen molar-refractivity contribution in [2.45, 2.75) is 19.4 Å². The number of aromatic nitrogens is 4. The van der Waals surface area contributed by atoms with Gasteiger partial charge in [-0.3, -0.25) is 0 Å². The van der Waals surface area contributed by atoms with E-state index in [-0.39, 0.29) is 6.04 Å². The van der Waals surface area contributed by atoms with E-state index in [2.05, 4.69) is 52.9 Å². The monoisotopic (exact) mass is 328 g/mol. The zero-order valence-electron chi connectivity index (χ0n) is 14.2. The molecule has 4 aromatic rings. The fraction of sp³-hybridized carbons (Fsp3) is 0.143. The molecule has 0 saturated carbocycles. The average molecular weight is 328 g/mol. The molecule has 2 aromatic heterocycles. The topological polar surface area (TPSA) is 35.6 Å². The van der Waals surface area contributed by atoms with Crippen LogP contribution in [0.1, 0.15) is 29.8 Å². The molecule has 1 unspecified atom stereocenters. The first-order valence-electron chi connectivity index (χ1n) is 8.53. The summed E-state index contributed by atoms with van der Waals surface area (Å²) in [6.45, 7) is 2.18. The minimum absolute atomic E-state index is 0.0658. The van der Waals surface area contributed by atoms with Gasteiger partial charge in [0.05, 0.1) is 24.3 Å². The Morgan fingerprint density at radius 3 is 2.32 bits per heavy atom. The molecule has 0 aliphatic heterocycles. The predicted octanol–water partition coefficient (Wildman–Crippen LogP) is 4.27. The maximum Gasteiger partial charge on any atom is 0.0954 e. The van der Waals surface area contributed by atoms with E-state index in [4.69, 9.17) is 5.10 Å². The van der Waals surface area contributed by atoms with Crippen LogP contribution in [0.4, 0.5) is 0 Å². The van der Waals surface area contributed by atoms with Crippen LogP contribution in [0, 0.1) is 0 Å². The van der Waals surface area contributed by atoms with E-state index >= 15 is 0 Å². The third-order valence-electron chi connectivity index (χ3n) is 4.47. The highest BCUT2D eigenvalue weighted by Gasteiger charge is 2.22. The van der Waals surface area contributed by atoms with Gasteiger partial charge in [-0.15, -0.1) is 0 Å². The van der Waals surface area contributed by atoms with Crippen LogP contribution >= 0.6 is 0 Å². The molecule has 25 heavy (non-hydrogen) atoms. The average Bonchev–Trinajstić information content (AvgIpc) is 3.34. The van der Waals surface area contributed by atoms with Gasteiger partial charge in [0, 0.05) is 23.7 Å². The molecule has 4 heteroatoms. The largest absolute Gasteiger partial charge is 0.326 e. The second kappa shape index (κ2) is 6.77. The SMILES string of the molecule is CCc1c(C(c2ccccc2)n2ccnc2)cnn1-c1ccccc1. The number of rotatable bonds is 5. The van der Waals surface area contributed by atoms with Gasteiger partial charge in [-0.05, 0) is 24.1 Å². The van der Waals surface area contributed by atoms with Crippen molar-refractivity contribution in [3.8, 4) is 5.69 Å². The highest BCUT2D eigenvalue weighted by atomic mass is 15.3. The van der Waals surface area contributed by atoms with E-state index in [1.807, 2.05) is 53.9 Å². The molecule has 0 N–H and O–H groups in total. The molecule has 0 aliphatic rings. The third-order valence-corrected chi connectivity index (χ3v) is 4.47. The lowest BCUT2D eigenvalue weighted by Crippen LogP contribution is -2.13. The van der Waals surface area contributed by atoms with Gasteiger partial charge in [-0.1, -0.05) is 55.5 Å². The molecule has 124 valence electrons. The van der Waals surface area contributed by atoms with Crippen molar-refractivity contribution >= 4 is 0 Å². The first-order valence-corrected chi connectivity index (χ1v) is 8.53. The molecule has 0 spiro atoms. The van der Waals surface area contributed by atoms with Crippen LogP contribution in [0.2, 0.25) is 0 Å². The van der Waals surface area contributed by atoms with Crippen molar-refractivity contribution in [3.05, 3.63) is 102 Å². The lowest BCUT2D eigenvalue weighted by atomic mass is 9.98. The molecule has 0 saturated heterocycles. The number of hydrogen-bond donors (Lipinski definition) is 0. The minimum atomic E-state index is 0.0658. The fourth-order valence-corrected chi connectivity index (χ4v) is 3.33. The number of imidazole rings is 1. The van der Waals surface area contributed by atoms with Crippen molar-refractivity contribution in [3.63, 3.8) is 0 Å². The van der Waals surface area contributed by atoms with Gasteiger partial charge < -0.3 is 4.57 Å². The highest BCUT2D eigenvalue weighted by Crippen LogP contribution is 2.30. The van der Waals surface area contributed by atoms with Crippen LogP contribution in [-0.4, -0.2) is 19.3 Å². The van der Waals surface area contributed by atoms with Crippen LogP contribution in [0.5, 0.6) is 0 Å². The van der Waals surface area contributed by atoms with Gasteiger partial charge in [0.25, 0.3) is 0 Å². The summed E-state index contributed by atoms with van der Waals surface area (Å²) in [4.78, 5) is 4.25. The molecule has 0 amide bonds. The lowest BCUT2D eigenvalue weighted by molar-refractivity contribution is 0.666. The molecule has 2 aromatic carbocycles. The smallest absolute Gasteiger partial charge is 0.0954 e. The second-order valence-electron chi connectivity index (χ2n) is 5.97. The second-order valence-corrected chi connectivity index (χ2v) is 5.97. The van der Waals surface area contributed by atoms with Gasteiger partial charge in [0.1, 0.15) is 0 Å². The number of nitrogens with zero attached hydrogens (tertiary/aromatic N) is 4. The quantitative estimate of drug-likeness (QED) is 0.548. The van der Waals surface area contributed by atoms with Gasteiger partial charge in [0.2, 0.25) is 0 Å². The van der Waals surface area contributed by atoms with Crippen LogP contribution in [0.3, 0.4) is 0 Å². The standard InChI is InChI=1S/C21H20N4/c1-2-20-19(15-23-25(20)18-11-7-4-8-12-18)21(24-14-13-22-16-24)17-9-5-3-6-10-17/h3-16,21H,2H2,1H3. The van der Waals surface area contributed by atoms with E-state index in [9.17, 15) is 0 Å². The third kappa shape index (κ3) is 2.87. The first kappa shape index (κ1) is 15.4. The minimum Gasteiger partial charge on any atom is -0.326 e. The molecular formula is C21H20N4. The van der Waals surface area contributed by atoms with E-state index in [1.165, 1.54) is 16.8 Å². The molecule has 0 bridgehead atoms. The summed E-state index contributed by atoms with van der Waals surface area (Å²) >= 11 is 0. The summed E-state index contributed by atoms with van der Waals surface area (Å²) in [6, 6.07) is 20.9. The zero-order chi connectivity index (χ0) is 17.1. The fourth-order valence-electron chi connectivity index (χ4n) is 3.33. The molecule has 0 radical (unpaired) electrons. The van der Waals surface area contributed by atoms with Gasteiger partial charge in [0.15, 0.2) is 0 Å². The molecule has 0 fully saturated rings. The Balaban J connectivity index is 1.88. The van der Waals surface area contributed by atoms with Crippen molar-refractivity contribution in [1.29, 1.82) is 0 Å². The number of para-hydroxylation sites is 1. The molecule has 4 nitrogen and oxygen atoms in total. The van der Waals surface area contributed by atoms with E-state index in [0.29, 0.717) is 0 Å². The summed E-state index contributed by atoms with van der Waals surface area (Å²) in [5.41, 5.74) is 4.73. The van der Waals surface area contributed by atoms with Crippen molar-refractivity contribution in [1.82, 2.24) is 19.3 Å². The van der Waals surface area contributed by atoms with Crippen molar-refractivity contribution in [2.24, 2.45) is 0 Å². The summed E-state index contributed by atoms with van der Waals surface area (Å²) < 4.78 is 4.18. The van der Waals surface area contributed by atoms with Crippen LogP contribution in [0.25, 0.3) is 5.69 Å². The Kier molecular flexibility index (Phi) is 4.17. The normalized spacial score (nSPS) is 12.2. The van der Waals surface area contributed by atoms with Crippen LogP contribution in [0.15, 0.2) is 85.6 Å². The highest BCUT2D eigenvalue weighted by molar-refractivity contribution is 5.40. The van der Waals surface area contributed by atoms with Gasteiger partial charge in [-0.2, -0.15) is 5.10 Å². The molecule has 1 atom stereocenters. The summed E-state index contributed by atoms with van der Waals surface area (Å²) in [6.07, 6.45) is 8.60. The Morgan fingerprint density at radius 1 is 0.960 bits per heavy atom. The molecular weight excluding hydrogens is 308 g/mol. The van der Waals surface area contributed by atoms with E-state index in [0.717, 1.165) is 12.1 Å². The summed E-state index contributed by atoms with van der Waals surface area (Å²) in [7, 11) is 0. The molecule has 0 aliphatic carbocycles. The van der Waals surface area contributed by atoms with Gasteiger partial charge in [-0.25, -0.2) is 9.67 Å². The predicted molar refractivity (Wildman–Crippen MR) is 98.9 cm³/mol. The maximum atomic E-state index is 4.70. The Bertz CT molecular complexity index is 925. The van der Waals surface area contributed by atoms with Gasteiger partial charge >= 0.3 is 0 Å². The van der Waals surface area contributed by atoms with E-state index in [1.54, 1.807) is 0 Å². The summed E-state index contributed by atoms with van der Waals surface area (Å²) in [5, 5.41) is 4.70. The lowest BCUT2D eigenvalue weighted by Gasteiger charge is -2.20. The Labute approximate surface area is 147 Å². The molecule has 2 heterocycles. The van der Waals surface area contributed by atoms with E-state index < -0.39 is 0 Å². The number of benzene rings is 2. The van der Waals surface area contributed by atoms with Crippen LogP contribution in [-0.2, 0) is 6.42 Å². The number of hydrogen-bond acceptors (Lipinski definition) is 2.